The largest absolute Gasteiger partial charge is 0.478 e. The predicted octanol–water partition coefficient (Wildman–Crippen LogP) is 13.7. The number of hydrogen-bond acceptors (Lipinski definition) is 6. The summed E-state index contributed by atoms with van der Waals surface area (Å²) in [5, 5.41) is 21.6. The lowest BCUT2D eigenvalue weighted by atomic mass is 10.0. The molecule has 7 N–H and O–H groups in total. The van der Waals surface area contributed by atoms with Gasteiger partial charge in [-0.3, -0.25) is 9.59 Å². The van der Waals surface area contributed by atoms with E-state index in [1.165, 1.54) is 47.2 Å². The Bertz CT molecular complexity index is 2920. The van der Waals surface area contributed by atoms with Crippen LogP contribution >= 0.6 is 0 Å². The second-order valence-electron chi connectivity index (χ2n) is 17.2. The van der Waals surface area contributed by atoms with E-state index in [1.54, 1.807) is 30.3 Å². The van der Waals surface area contributed by atoms with Crippen molar-refractivity contribution in [3.05, 3.63) is 244 Å². The van der Waals surface area contributed by atoms with Crippen molar-refractivity contribution < 1.29 is 19.5 Å². The summed E-state index contributed by atoms with van der Waals surface area (Å²) >= 11 is 0. The van der Waals surface area contributed by atoms with Gasteiger partial charge in [-0.05, 0) is 170 Å². The van der Waals surface area contributed by atoms with E-state index in [9.17, 15) is 19.5 Å². The van der Waals surface area contributed by atoms with E-state index in [0.717, 1.165) is 78.1 Å². The predicted molar refractivity (Wildman–Crippen MR) is 290 cm³/mol. The summed E-state index contributed by atoms with van der Waals surface area (Å²) in [6.45, 7) is 7.11. The first-order valence-electron chi connectivity index (χ1n) is 23.6. The quantitative estimate of drug-likeness (QED) is 0.0529. The maximum absolute atomic E-state index is 11.6. The van der Waals surface area contributed by atoms with Gasteiger partial charge in [-0.25, -0.2) is 4.79 Å². The number of anilines is 7. The second kappa shape index (κ2) is 26.2. The Kier molecular flexibility index (Phi) is 19.1. The molecule has 0 aromatic heterocycles. The van der Waals surface area contributed by atoms with Gasteiger partial charge in [-0.2, -0.15) is 0 Å². The molecule has 8 rings (SSSR count). The molecule has 8 aromatic rings. The molecular formula is C61H63N5O4. The number of aryl methyl sites for hydroxylation is 8. The van der Waals surface area contributed by atoms with Crippen molar-refractivity contribution in [1.29, 1.82) is 0 Å². The molecular weight excluding hydrogens is 867 g/mol. The van der Waals surface area contributed by atoms with E-state index in [-0.39, 0.29) is 17.4 Å². The zero-order valence-corrected chi connectivity index (χ0v) is 40.5. The number of benzene rings is 8. The van der Waals surface area contributed by atoms with Gasteiger partial charge in [-0.15, -0.1) is 0 Å². The minimum atomic E-state index is -0.980. The van der Waals surface area contributed by atoms with Crippen molar-refractivity contribution >= 4 is 57.6 Å². The lowest BCUT2D eigenvalue weighted by molar-refractivity contribution is -0.115. The minimum Gasteiger partial charge on any atom is -0.478 e. The van der Waals surface area contributed by atoms with Crippen LogP contribution in [0.15, 0.2) is 194 Å². The van der Waals surface area contributed by atoms with Crippen LogP contribution in [0.2, 0.25) is 0 Å². The Labute approximate surface area is 412 Å². The normalized spacial score (nSPS) is 10.3. The molecule has 0 radical (unpaired) electrons. The zero-order valence-electron chi connectivity index (χ0n) is 40.5. The van der Waals surface area contributed by atoms with Crippen LogP contribution in [0.25, 0.3) is 0 Å². The first kappa shape index (κ1) is 51.0. The number of nitrogens with two attached hydrogens (primary N) is 1. The highest BCUT2D eigenvalue weighted by Crippen LogP contribution is 2.26. The lowest BCUT2D eigenvalue weighted by Crippen LogP contribution is -2.06. The van der Waals surface area contributed by atoms with Crippen molar-refractivity contribution in [2.75, 3.05) is 27.0 Å². The molecule has 0 aliphatic carbocycles. The molecule has 0 spiro atoms. The molecule has 0 atom stereocenters. The third-order valence-electron chi connectivity index (χ3n) is 11.6. The molecule has 9 nitrogen and oxygen atoms in total. The van der Waals surface area contributed by atoms with Crippen LogP contribution in [0.3, 0.4) is 0 Å². The number of aromatic carboxylic acids is 1. The monoisotopic (exact) mass is 929 g/mol. The number of nitrogens with one attached hydrogen (secondary N) is 4. The van der Waals surface area contributed by atoms with Crippen molar-refractivity contribution in [1.82, 2.24) is 0 Å². The van der Waals surface area contributed by atoms with Crippen LogP contribution in [-0.2, 0) is 48.1 Å². The van der Waals surface area contributed by atoms with Crippen molar-refractivity contribution in [2.45, 2.75) is 66.2 Å². The summed E-state index contributed by atoms with van der Waals surface area (Å²) < 4.78 is 0. The molecule has 70 heavy (non-hydrogen) atoms. The van der Waals surface area contributed by atoms with Crippen LogP contribution in [0.5, 0.6) is 0 Å². The molecule has 8 aromatic carbocycles. The van der Waals surface area contributed by atoms with E-state index in [0.29, 0.717) is 11.4 Å². The maximum Gasteiger partial charge on any atom is 0.337 e. The molecule has 356 valence electrons. The van der Waals surface area contributed by atoms with E-state index < -0.39 is 5.97 Å². The Balaban J connectivity index is 0.000000178. The van der Waals surface area contributed by atoms with Gasteiger partial charge < -0.3 is 32.1 Å². The number of hydrogen-bond donors (Lipinski definition) is 6. The fraction of sp³-hybridized carbons (Fsp3) is 0.164. The first-order chi connectivity index (χ1) is 33.9. The van der Waals surface area contributed by atoms with Crippen LogP contribution in [0.4, 0.5) is 39.8 Å². The molecule has 0 fully saturated rings. The van der Waals surface area contributed by atoms with Gasteiger partial charge in [-0.1, -0.05) is 121 Å². The third kappa shape index (κ3) is 17.0. The van der Waals surface area contributed by atoms with Gasteiger partial charge in [0.05, 0.1) is 11.3 Å². The molecule has 2 amide bonds. The number of carboxylic acid groups (broad SMARTS) is 1. The SMILES string of the molecule is CC(=O)Nc1ccc(Nc2cc(CCc3ccccc3)ccc2C(=O)O)cc1.CC(=O)Nc1ccc(Nc2cc(CCc3ccccc3)ccc2C)cc1.Cc1ccc(CCc2ccccc2)cc1N. The fourth-order valence-corrected chi connectivity index (χ4v) is 7.63. The molecule has 0 aliphatic rings. The van der Waals surface area contributed by atoms with Crippen LogP contribution in [-0.4, -0.2) is 22.9 Å². The van der Waals surface area contributed by atoms with Crippen molar-refractivity contribution in [3.8, 4) is 0 Å². The topological polar surface area (TPSA) is 146 Å². The van der Waals surface area contributed by atoms with E-state index in [2.05, 4.69) is 131 Å². The highest BCUT2D eigenvalue weighted by Gasteiger charge is 2.12. The molecule has 0 saturated carbocycles. The summed E-state index contributed by atoms with van der Waals surface area (Å²) in [6, 6.07) is 64.5. The molecule has 0 bridgehead atoms. The van der Waals surface area contributed by atoms with Gasteiger partial charge in [0, 0.05) is 48.0 Å². The summed E-state index contributed by atoms with van der Waals surface area (Å²) in [5.74, 6) is -1.18. The van der Waals surface area contributed by atoms with Crippen LogP contribution < -0.4 is 27.0 Å². The van der Waals surface area contributed by atoms with Crippen LogP contribution in [0.1, 0.15) is 68.7 Å². The number of nitrogen functional groups attached to an aromatic ring is 1. The number of carboxylic acids is 1. The van der Waals surface area contributed by atoms with Gasteiger partial charge in [0.25, 0.3) is 0 Å². The standard InChI is InChI=1S/C23H22N2O3.C23H24N2O.C15H17N/c1-16(26)24-19-10-12-20(13-11-19)25-22-15-18(9-14-21(22)23(27)28)8-7-17-5-3-2-4-6-17;1-17-8-9-20(11-10-19-6-4-3-5-7-19)16-23(17)25-22-14-12-21(13-15-22)24-18(2)26;1-12-7-8-14(11-15(12)16)10-9-13-5-3-2-4-6-13/h2-6,9-15,25H,7-8H2,1H3,(H,24,26)(H,27,28);3-9,12-16,25H,10-11H2,1-2H3,(H,24,26);2-8,11H,9-10,16H2,1H3. The van der Waals surface area contributed by atoms with Crippen molar-refractivity contribution in [3.63, 3.8) is 0 Å². The van der Waals surface area contributed by atoms with Gasteiger partial charge in [0.15, 0.2) is 0 Å². The Morgan fingerprint density at radius 3 is 1.14 bits per heavy atom. The summed E-state index contributed by atoms with van der Waals surface area (Å²) in [5.41, 5.74) is 21.9. The third-order valence-corrected chi connectivity index (χ3v) is 11.6. The summed E-state index contributed by atoms with van der Waals surface area (Å²) in [7, 11) is 0. The molecule has 0 saturated heterocycles. The lowest BCUT2D eigenvalue weighted by Gasteiger charge is -2.13. The van der Waals surface area contributed by atoms with Crippen LogP contribution in [0, 0.1) is 13.8 Å². The zero-order chi connectivity index (χ0) is 49.7. The average Bonchev–Trinajstić information content (AvgIpc) is 3.36. The van der Waals surface area contributed by atoms with E-state index in [1.807, 2.05) is 67.6 Å². The Morgan fingerprint density at radius 2 is 0.743 bits per heavy atom. The van der Waals surface area contributed by atoms with Gasteiger partial charge in [0.2, 0.25) is 11.8 Å². The average molecular weight is 930 g/mol. The molecule has 0 heterocycles. The molecule has 0 unspecified atom stereocenters. The van der Waals surface area contributed by atoms with Crippen molar-refractivity contribution in [2.24, 2.45) is 0 Å². The Hall–Kier alpha value is -8.43. The number of amides is 2. The minimum absolute atomic E-state index is 0.0623. The highest BCUT2D eigenvalue weighted by atomic mass is 16.4. The van der Waals surface area contributed by atoms with E-state index in [4.69, 9.17) is 5.73 Å². The summed E-state index contributed by atoms with van der Waals surface area (Å²) in [6.07, 6.45) is 5.88. The molecule has 0 aliphatic heterocycles. The summed E-state index contributed by atoms with van der Waals surface area (Å²) in [4.78, 5) is 33.8. The second-order valence-corrected chi connectivity index (χ2v) is 17.2. The first-order valence-corrected chi connectivity index (χ1v) is 23.6. The maximum atomic E-state index is 11.6. The van der Waals surface area contributed by atoms with E-state index >= 15 is 0 Å². The Morgan fingerprint density at radius 1 is 0.400 bits per heavy atom. The number of rotatable bonds is 16. The number of carbonyl (C=O) groups excluding carboxylic acids is 2. The molecule has 9 heteroatoms. The highest BCUT2D eigenvalue weighted by molar-refractivity contribution is 5.95. The van der Waals surface area contributed by atoms with Gasteiger partial charge >= 0.3 is 5.97 Å². The fourth-order valence-electron chi connectivity index (χ4n) is 7.63. The van der Waals surface area contributed by atoms with Gasteiger partial charge in [0.1, 0.15) is 0 Å². The smallest absolute Gasteiger partial charge is 0.337 e. The number of carbonyl (C=O) groups is 3.